The minimum Gasteiger partial charge on any atom is -0.290 e. The van der Waals surface area contributed by atoms with Crippen LogP contribution in [0.4, 0.5) is 0 Å². The molecular formula is C3H2NO. The Hall–Kier alpha value is -0.840. The Balaban J connectivity index is 2.75. The van der Waals surface area contributed by atoms with Crippen molar-refractivity contribution in [1.82, 2.24) is 0 Å². The standard InChI is InChI=1S/C3H2NO/c4-2-1-3-5/h1H2. The lowest BCUT2D eigenvalue weighted by Crippen LogP contribution is -1.60. The lowest BCUT2D eigenvalue weighted by atomic mass is 10.5. The number of hydrogen-bond acceptors (Lipinski definition) is 2. The molecule has 0 fully saturated rings. The van der Waals surface area contributed by atoms with Gasteiger partial charge < -0.3 is 0 Å². The topological polar surface area (TPSA) is 40.9 Å². The number of carbonyl (C=O) groups excluding carboxylic acids is 1. The Morgan fingerprint density at radius 1 is 1.80 bits per heavy atom. The van der Waals surface area contributed by atoms with E-state index in [0.717, 1.165) is 0 Å². The number of nitrogens with zero attached hydrogens (tertiary/aromatic N) is 1. The van der Waals surface area contributed by atoms with Gasteiger partial charge in [0.1, 0.15) is 6.42 Å². The van der Waals surface area contributed by atoms with Gasteiger partial charge in [0.05, 0.1) is 6.07 Å². The fraction of sp³-hybridized carbons (Fsp3) is 0.333. The minimum atomic E-state index is -0.111. The minimum absolute atomic E-state index is 0.111. The van der Waals surface area contributed by atoms with Crippen LogP contribution in [0, 0.1) is 11.3 Å². The van der Waals surface area contributed by atoms with Crippen LogP contribution in [0.1, 0.15) is 6.42 Å². The first-order chi connectivity index (χ1) is 2.41. The largest absolute Gasteiger partial charge is 0.290 e. The van der Waals surface area contributed by atoms with Crippen molar-refractivity contribution >= 4 is 6.29 Å². The number of hydrogen-bond donors (Lipinski definition) is 0. The summed E-state index contributed by atoms with van der Waals surface area (Å²) in [6, 6.07) is 1.59. The molecule has 25 valence electrons. The summed E-state index contributed by atoms with van der Waals surface area (Å²) in [7, 11) is 0. The Labute approximate surface area is 30.0 Å². The molecule has 0 aliphatic carbocycles. The van der Waals surface area contributed by atoms with Gasteiger partial charge in [-0.25, -0.2) is 0 Å². The van der Waals surface area contributed by atoms with Gasteiger partial charge in [-0.15, -0.1) is 0 Å². The maximum absolute atomic E-state index is 9.06. The molecule has 0 aromatic carbocycles. The van der Waals surface area contributed by atoms with E-state index in [0.29, 0.717) is 0 Å². The number of rotatable bonds is 1. The lowest BCUT2D eigenvalue weighted by Gasteiger charge is -1.47. The van der Waals surface area contributed by atoms with E-state index in [1.807, 2.05) is 0 Å². The molecule has 0 unspecified atom stereocenters. The Morgan fingerprint density at radius 3 is 2.40 bits per heavy atom. The molecule has 2 nitrogen and oxygen atoms in total. The third kappa shape index (κ3) is 3.16. The van der Waals surface area contributed by atoms with Crippen LogP contribution in [-0.2, 0) is 4.79 Å². The molecule has 0 aliphatic heterocycles. The van der Waals surface area contributed by atoms with Crippen LogP contribution in [-0.4, -0.2) is 6.29 Å². The highest BCUT2D eigenvalue weighted by Crippen LogP contribution is 1.55. The SMILES string of the molecule is N#CC[C]=O. The van der Waals surface area contributed by atoms with E-state index in [1.54, 1.807) is 6.07 Å². The average Bonchev–Trinajstić information content (AvgIpc) is 1.41. The molecule has 0 amide bonds. The van der Waals surface area contributed by atoms with Crippen molar-refractivity contribution in [3.63, 3.8) is 0 Å². The molecule has 1 radical (unpaired) electrons. The van der Waals surface area contributed by atoms with Gasteiger partial charge in [0.15, 0.2) is 0 Å². The van der Waals surface area contributed by atoms with Crippen LogP contribution in [0.2, 0.25) is 0 Å². The summed E-state index contributed by atoms with van der Waals surface area (Å²) >= 11 is 0. The zero-order valence-electron chi connectivity index (χ0n) is 2.56. The van der Waals surface area contributed by atoms with E-state index < -0.39 is 0 Å². The first-order valence-electron chi connectivity index (χ1n) is 1.13. The molecule has 5 heavy (non-hydrogen) atoms. The van der Waals surface area contributed by atoms with E-state index in [1.165, 1.54) is 6.29 Å². The summed E-state index contributed by atoms with van der Waals surface area (Å²) in [6.45, 7) is 0. The molecular weight excluding hydrogens is 66.0 g/mol. The molecule has 0 saturated carbocycles. The summed E-state index contributed by atoms with van der Waals surface area (Å²) in [6.07, 6.45) is 1.30. The lowest BCUT2D eigenvalue weighted by molar-refractivity contribution is 0.556. The molecule has 0 spiro atoms. The van der Waals surface area contributed by atoms with E-state index in [2.05, 4.69) is 0 Å². The van der Waals surface area contributed by atoms with Crippen LogP contribution < -0.4 is 0 Å². The van der Waals surface area contributed by atoms with Gasteiger partial charge in [-0.1, -0.05) is 0 Å². The van der Waals surface area contributed by atoms with Gasteiger partial charge in [-0.2, -0.15) is 5.26 Å². The van der Waals surface area contributed by atoms with E-state index in [4.69, 9.17) is 10.1 Å². The highest BCUT2D eigenvalue weighted by molar-refractivity contribution is 5.53. The van der Waals surface area contributed by atoms with Crippen LogP contribution in [0.5, 0.6) is 0 Å². The van der Waals surface area contributed by atoms with Crippen molar-refractivity contribution < 1.29 is 4.79 Å². The number of nitriles is 1. The summed E-state index contributed by atoms with van der Waals surface area (Å²) < 4.78 is 0. The quantitative estimate of drug-likeness (QED) is 0.434. The van der Waals surface area contributed by atoms with Gasteiger partial charge in [0, 0.05) is 0 Å². The van der Waals surface area contributed by atoms with Crippen molar-refractivity contribution in [2.24, 2.45) is 0 Å². The second-order valence-electron chi connectivity index (χ2n) is 0.479. The van der Waals surface area contributed by atoms with Gasteiger partial charge in [0.25, 0.3) is 0 Å². The van der Waals surface area contributed by atoms with E-state index in [9.17, 15) is 0 Å². The fourth-order valence-corrected chi connectivity index (χ4v) is 0.0323. The zero-order chi connectivity index (χ0) is 4.12. The second kappa shape index (κ2) is 3.16. The van der Waals surface area contributed by atoms with Crippen molar-refractivity contribution in [3.05, 3.63) is 0 Å². The molecule has 0 bridgehead atoms. The first-order valence-corrected chi connectivity index (χ1v) is 1.13. The Bertz CT molecular complexity index is 61.8. The molecule has 0 N–H and O–H groups in total. The third-order valence-corrected chi connectivity index (χ3v) is 0.151. The first kappa shape index (κ1) is 4.16. The fourth-order valence-electron chi connectivity index (χ4n) is 0.0323. The summed E-state index contributed by atoms with van der Waals surface area (Å²) in [5.41, 5.74) is 0. The van der Waals surface area contributed by atoms with Gasteiger partial charge >= 0.3 is 0 Å². The van der Waals surface area contributed by atoms with Crippen LogP contribution in [0.15, 0.2) is 0 Å². The van der Waals surface area contributed by atoms with Gasteiger partial charge in [-0.3, -0.25) is 4.79 Å². The highest BCUT2D eigenvalue weighted by Gasteiger charge is 1.66. The summed E-state index contributed by atoms with van der Waals surface area (Å²) in [5.74, 6) is 0. The Morgan fingerprint density at radius 2 is 2.40 bits per heavy atom. The maximum Gasteiger partial charge on any atom is 0.213 e. The van der Waals surface area contributed by atoms with Gasteiger partial charge in [0.2, 0.25) is 6.29 Å². The zero-order valence-corrected chi connectivity index (χ0v) is 2.56. The molecule has 0 heterocycles. The van der Waals surface area contributed by atoms with Crippen molar-refractivity contribution in [2.45, 2.75) is 6.42 Å². The molecule has 0 saturated heterocycles. The van der Waals surface area contributed by atoms with Gasteiger partial charge in [-0.05, 0) is 0 Å². The van der Waals surface area contributed by atoms with Crippen LogP contribution >= 0.6 is 0 Å². The van der Waals surface area contributed by atoms with Crippen LogP contribution in [0.25, 0.3) is 0 Å². The maximum atomic E-state index is 9.06. The van der Waals surface area contributed by atoms with E-state index in [-0.39, 0.29) is 6.42 Å². The molecule has 0 aliphatic rings. The normalized spacial score (nSPS) is 5.40. The highest BCUT2D eigenvalue weighted by atomic mass is 16.1. The molecule has 0 rings (SSSR count). The predicted octanol–water partition coefficient (Wildman–Crippen LogP) is 0.00978. The van der Waals surface area contributed by atoms with Crippen molar-refractivity contribution in [2.75, 3.05) is 0 Å². The molecule has 0 aromatic heterocycles. The summed E-state index contributed by atoms with van der Waals surface area (Å²) in [5, 5.41) is 7.55. The van der Waals surface area contributed by atoms with Crippen LogP contribution in [0.3, 0.4) is 0 Å². The Kier molecular flexibility index (Phi) is 2.63. The molecule has 0 aromatic rings. The monoisotopic (exact) mass is 68.0 g/mol. The van der Waals surface area contributed by atoms with E-state index >= 15 is 0 Å². The predicted molar refractivity (Wildman–Crippen MR) is 15.9 cm³/mol. The molecule has 0 atom stereocenters. The molecule has 2 heteroatoms. The average molecular weight is 68.1 g/mol. The third-order valence-electron chi connectivity index (χ3n) is 0.151. The van der Waals surface area contributed by atoms with Crippen molar-refractivity contribution in [1.29, 1.82) is 5.26 Å². The smallest absolute Gasteiger partial charge is 0.213 e. The second-order valence-corrected chi connectivity index (χ2v) is 0.479. The summed E-state index contributed by atoms with van der Waals surface area (Å²) in [4.78, 5) is 9.06. The van der Waals surface area contributed by atoms with Crippen molar-refractivity contribution in [3.8, 4) is 6.07 Å².